The summed E-state index contributed by atoms with van der Waals surface area (Å²) in [6, 6.07) is 11.4. The van der Waals surface area contributed by atoms with E-state index in [0.717, 1.165) is 30.3 Å². The number of carbonyl (C=O) groups is 2. The van der Waals surface area contributed by atoms with Crippen molar-refractivity contribution in [1.82, 2.24) is 44.8 Å². The summed E-state index contributed by atoms with van der Waals surface area (Å²) in [6.07, 6.45) is 9.24. The molecule has 6 heterocycles. The molecular weight excluding hydrogens is 769 g/mol. The second kappa shape index (κ2) is 15.6. The molecule has 0 saturated carbocycles. The number of anilines is 5. The topological polar surface area (TPSA) is 169 Å². The van der Waals surface area contributed by atoms with Gasteiger partial charge in [0.25, 0.3) is 0 Å². The van der Waals surface area contributed by atoms with Crippen LogP contribution in [0.25, 0.3) is 44.6 Å². The van der Waals surface area contributed by atoms with E-state index in [1.54, 1.807) is 50.5 Å². The van der Waals surface area contributed by atoms with Crippen LogP contribution in [0.1, 0.15) is 11.1 Å². The lowest BCUT2D eigenvalue weighted by Crippen LogP contribution is -2.23. The Morgan fingerprint density at radius 2 is 1.31 bits per heavy atom. The van der Waals surface area contributed by atoms with Crippen molar-refractivity contribution in [2.45, 2.75) is 26.9 Å². The molecule has 0 fully saturated rings. The number of rotatable bonds is 11. The van der Waals surface area contributed by atoms with E-state index in [9.17, 15) is 18.4 Å². The van der Waals surface area contributed by atoms with Gasteiger partial charge in [0.2, 0.25) is 11.8 Å². The first-order valence-electron chi connectivity index (χ1n) is 18.0. The van der Waals surface area contributed by atoms with Crippen molar-refractivity contribution in [1.29, 1.82) is 0 Å². The van der Waals surface area contributed by atoms with E-state index in [1.165, 1.54) is 41.2 Å². The number of pyridine rings is 4. The molecule has 0 aliphatic carbocycles. The standard InChI is InChI=1S/C41H32F4N12O2/c1-21-15-50-34(13-31(21)52-29-6-8-48-37-18-56(55-40(29)37)19-38(58)46-3)25-11-28(45)35(12-27(25)44)54-39(59)20-57-41-30(7-9-47-36(41)17-51-57)53-32-14-33(49-16-22(32)2)24-10-23(42)4-5-26(24)43/h4-18H,19-20H2,1-3H3,(H,46,58)(H,50,52)(H,54,59)(H,47,49,53). The van der Waals surface area contributed by atoms with Gasteiger partial charge in [0.05, 0.1) is 40.8 Å². The van der Waals surface area contributed by atoms with Crippen LogP contribution in [0.5, 0.6) is 0 Å². The number of nitrogens with one attached hydrogen (secondary N) is 4. The zero-order valence-electron chi connectivity index (χ0n) is 31.5. The largest absolute Gasteiger partial charge is 0.358 e. The van der Waals surface area contributed by atoms with E-state index in [-0.39, 0.29) is 35.0 Å². The molecule has 0 spiro atoms. The van der Waals surface area contributed by atoms with E-state index in [1.807, 2.05) is 0 Å². The average molecular weight is 801 g/mol. The summed E-state index contributed by atoms with van der Waals surface area (Å²) >= 11 is 0. The zero-order valence-corrected chi connectivity index (χ0v) is 31.5. The summed E-state index contributed by atoms with van der Waals surface area (Å²) in [5.41, 5.74) is 5.13. The van der Waals surface area contributed by atoms with Gasteiger partial charge >= 0.3 is 0 Å². The third-order valence-corrected chi connectivity index (χ3v) is 9.42. The number of carbonyl (C=O) groups excluding carboxylic acids is 2. The van der Waals surface area contributed by atoms with Crippen LogP contribution in [0.15, 0.2) is 91.8 Å². The normalized spacial score (nSPS) is 11.2. The monoisotopic (exact) mass is 800 g/mol. The van der Waals surface area contributed by atoms with Gasteiger partial charge in [-0.25, -0.2) is 17.6 Å². The highest BCUT2D eigenvalue weighted by molar-refractivity contribution is 5.95. The van der Waals surface area contributed by atoms with E-state index >= 15 is 8.78 Å². The van der Waals surface area contributed by atoms with Crippen LogP contribution in [0.2, 0.25) is 0 Å². The van der Waals surface area contributed by atoms with Crippen LogP contribution in [0.4, 0.5) is 46.0 Å². The fraction of sp³-hybridized carbons (Fsp3) is 0.122. The van der Waals surface area contributed by atoms with E-state index in [0.29, 0.717) is 55.9 Å². The van der Waals surface area contributed by atoms with Crippen molar-refractivity contribution in [2.75, 3.05) is 23.0 Å². The molecule has 6 aromatic heterocycles. The number of halogens is 4. The minimum atomic E-state index is -0.905. The second-order valence-electron chi connectivity index (χ2n) is 13.5. The minimum absolute atomic E-state index is 0.00170. The van der Waals surface area contributed by atoms with Crippen molar-refractivity contribution in [3.05, 3.63) is 126 Å². The third kappa shape index (κ3) is 7.82. The lowest BCUT2D eigenvalue weighted by molar-refractivity contribution is -0.121. The van der Waals surface area contributed by atoms with Gasteiger partial charge in [-0.1, -0.05) is 0 Å². The van der Waals surface area contributed by atoms with Gasteiger partial charge in [-0.3, -0.25) is 38.9 Å². The molecule has 14 nitrogen and oxygen atoms in total. The van der Waals surface area contributed by atoms with Crippen LogP contribution in [-0.4, -0.2) is 58.4 Å². The molecule has 296 valence electrons. The Balaban J connectivity index is 1.01. The molecule has 0 saturated heterocycles. The van der Waals surface area contributed by atoms with Crippen molar-refractivity contribution in [3.63, 3.8) is 0 Å². The molecule has 0 bridgehead atoms. The maximum Gasteiger partial charge on any atom is 0.246 e. The number of aryl methyl sites for hydroxylation is 2. The van der Waals surface area contributed by atoms with Crippen LogP contribution < -0.4 is 21.3 Å². The highest BCUT2D eigenvalue weighted by atomic mass is 19.1. The number of likely N-dealkylation sites (N-methyl/N-ethyl adjacent to an activating group) is 1. The van der Waals surface area contributed by atoms with E-state index < -0.39 is 41.4 Å². The Kier molecular flexibility index (Phi) is 10.1. The van der Waals surface area contributed by atoms with Crippen LogP contribution in [0, 0.1) is 37.1 Å². The first-order chi connectivity index (χ1) is 28.4. The maximum absolute atomic E-state index is 15.7. The maximum atomic E-state index is 15.7. The number of nitrogens with zero attached hydrogens (tertiary/aromatic N) is 8. The van der Waals surface area contributed by atoms with Gasteiger partial charge in [-0.05, 0) is 73.5 Å². The SMILES string of the molecule is CNC(=O)Cn1cc2nccc(Nc3cc(-c4cc(F)c(NC(=O)Cn5ncc6nccc(Nc7cc(-c8cc(F)ccc8F)ncc7C)c65)cc4F)ncc3C)c2n1. The van der Waals surface area contributed by atoms with Gasteiger partial charge in [-0.15, -0.1) is 0 Å². The number of amides is 2. The highest BCUT2D eigenvalue weighted by Crippen LogP contribution is 2.33. The smallest absolute Gasteiger partial charge is 0.246 e. The minimum Gasteiger partial charge on any atom is -0.358 e. The number of fused-ring (bicyclic) bond motifs is 2. The van der Waals surface area contributed by atoms with Gasteiger partial charge < -0.3 is 21.3 Å². The molecular formula is C41H32F4N12O2. The Hall–Kier alpha value is -7.76. The lowest BCUT2D eigenvalue weighted by Gasteiger charge is -2.14. The summed E-state index contributed by atoms with van der Waals surface area (Å²) in [6.45, 7) is 3.18. The molecule has 0 aliphatic heterocycles. The summed E-state index contributed by atoms with van der Waals surface area (Å²) < 4.78 is 62.7. The van der Waals surface area contributed by atoms with Gasteiger partial charge in [-0.2, -0.15) is 10.2 Å². The molecule has 0 radical (unpaired) electrons. The number of benzene rings is 2. The fourth-order valence-corrected chi connectivity index (χ4v) is 6.38. The summed E-state index contributed by atoms with van der Waals surface area (Å²) in [5, 5.41) is 20.3. The summed E-state index contributed by atoms with van der Waals surface area (Å²) in [4.78, 5) is 42.5. The number of aromatic nitrogens is 8. The van der Waals surface area contributed by atoms with Crippen molar-refractivity contribution >= 4 is 62.3 Å². The fourth-order valence-electron chi connectivity index (χ4n) is 6.38. The molecule has 18 heteroatoms. The van der Waals surface area contributed by atoms with Gasteiger partial charge in [0.15, 0.2) is 0 Å². The Morgan fingerprint density at radius 3 is 2.02 bits per heavy atom. The molecule has 2 aromatic carbocycles. The zero-order chi connectivity index (χ0) is 41.4. The van der Waals surface area contributed by atoms with Gasteiger partial charge in [0, 0.05) is 60.4 Å². The quantitative estimate of drug-likeness (QED) is 0.0971. The molecule has 0 unspecified atom stereocenters. The summed E-state index contributed by atoms with van der Waals surface area (Å²) in [5.74, 6) is -3.94. The summed E-state index contributed by atoms with van der Waals surface area (Å²) in [7, 11) is 1.53. The molecule has 4 N–H and O–H groups in total. The van der Waals surface area contributed by atoms with Crippen LogP contribution in [0.3, 0.4) is 0 Å². The Morgan fingerprint density at radius 1 is 0.644 bits per heavy atom. The molecule has 8 rings (SSSR count). The van der Waals surface area contributed by atoms with Crippen molar-refractivity contribution in [3.8, 4) is 22.5 Å². The third-order valence-electron chi connectivity index (χ3n) is 9.42. The molecule has 59 heavy (non-hydrogen) atoms. The van der Waals surface area contributed by atoms with Crippen LogP contribution in [-0.2, 0) is 22.7 Å². The highest BCUT2D eigenvalue weighted by Gasteiger charge is 2.19. The lowest BCUT2D eigenvalue weighted by atomic mass is 10.1. The van der Waals surface area contributed by atoms with Crippen molar-refractivity contribution < 1.29 is 27.2 Å². The Bertz CT molecular complexity index is 2950. The molecule has 8 aromatic rings. The first-order valence-corrected chi connectivity index (χ1v) is 18.0. The van der Waals surface area contributed by atoms with Crippen LogP contribution >= 0.6 is 0 Å². The molecule has 2 amide bonds. The van der Waals surface area contributed by atoms with E-state index in [4.69, 9.17) is 0 Å². The molecule has 0 aliphatic rings. The predicted molar refractivity (Wildman–Crippen MR) is 213 cm³/mol. The first kappa shape index (κ1) is 38.1. The Labute approximate surface area is 332 Å². The molecule has 0 atom stereocenters. The number of hydrogen-bond donors (Lipinski definition) is 4. The van der Waals surface area contributed by atoms with E-state index in [2.05, 4.69) is 51.4 Å². The van der Waals surface area contributed by atoms with Gasteiger partial charge in [0.1, 0.15) is 58.4 Å². The predicted octanol–water partition coefficient (Wildman–Crippen LogP) is 7.35. The second-order valence-corrected chi connectivity index (χ2v) is 13.5. The average Bonchev–Trinajstić information content (AvgIpc) is 3.83. The van der Waals surface area contributed by atoms with Crippen molar-refractivity contribution in [2.24, 2.45) is 0 Å². The number of hydrogen-bond acceptors (Lipinski definition) is 10.